The Morgan fingerprint density at radius 1 is 0.556 bits per heavy atom. The fraction of sp³-hybridized carbons (Fsp3) is 0.118. The average Bonchev–Trinajstić information content (AvgIpc) is 3.25. The third kappa shape index (κ3) is 2.23. The molecule has 0 N–H and O–H groups in total. The van der Waals surface area contributed by atoms with Crippen molar-refractivity contribution in [3.05, 3.63) is 147 Å². The molecule has 1 aliphatic carbocycles. The summed E-state index contributed by atoms with van der Waals surface area (Å²) in [5.74, 6) is 0. The predicted molar refractivity (Wildman–Crippen MR) is 152 cm³/mol. The predicted octanol–water partition coefficient (Wildman–Crippen LogP) is 8.88. The van der Waals surface area contributed by atoms with Gasteiger partial charge in [-0.05, 0) is 57.6 Å². The van der Waals surface area contributed by atoms with Crippen LogP contribution < -0.4 is 0 Å². The first-order chi connectivity index (χ1) is 17.5. The van der Waals surface area contributed by atoms with Crippen LogP contribution in [0.2, 0.25) is 0 Å². The smallest absolute Gasteiger partial charge is 0.0748 e. The lowest BCUT2D eigenvalue weighted by molar-refractivity contribution is 0.556. The third-order valence-corrected chi connectivity index (χ3v) is 9.20. The van der Waals surface area contributed by atoms with Gasteiger partial charge in [0.15, 0.2) is 0 Å². The van der Waals surface area contributed by atoms with Crippen LogP contribution in [0.5, 0.6) is 0 Å². The maximum absolute atomic E-state index is 3.80. The molecule has 1 atom stereocenters. The first kappa shape index (κ1) is 20.6. The van der Waals surface area contributed by atoms with E-state index in [-0.39, 0.29) is 5.41 Å². The lowest BCUT2D eigenvalue weighted by atomic mass is 9.53. The molecule has 6 aromatic rings. The van der Waals surface area contributed by atoms with Gasteiger partial charge in [-0.1, -0.05) is 115 Å². The molecule has 0 fully saturated rings. The zero-order chi connectivity index (χ0) is 24.2. The highest BCUT2D eigenvalue weighted by Crippen LogP contribution is 2.60. The van der Waals surface area contributed by atoms with Crippen LogP contribution in [0, 0.1) is 0 Å². The monoisotopic (exact) mass is 525 g/mol. The van der Waals surface area contributed by atoms with Gasteiger partial charge in [0, 0.05) is 20.7 Å². The van der Waals surface area contributed by atoms with Crippen molar-refractivity contribution < 1.29 is 0 Å². The Bertz CT molecular complexity index is 1890. The first-order valence-corrected chi connectivity index (χ1v) is 13.4. The Morgan fingerprint density at radius 2 is 1.19 bits per heavy atom. The van der Waals surface area contributed by atoms with Gasteiger partial charge in [-0.15, -0.1) is 0 Å². The Hall–Kier alpha value is -3.62. The quantitative estimate of drug-likeness (QED) is 0.186. The van der Waals surface area contributed by atoms with Crippen molar-refractivity contribution in [2.75, 3.05) is 0 Å². The number of benzene rings is 5. The second-order valence-electron chi connectivity index (χ2n) is 10.7. The van der Waals surface area contributed by atoms with E-state index in [0.29, 0.717) is 0 Å². The van der Waals surface area contributed by atoms with E-state index in [1.54, 1.807) is 0 Å². The van der Waals surface area contributed by atoms with Gasteiger partial charge in [-0.3, -0.25) is 0 Å². The van der Waals surface area contributed by atoms with Crippen molar-refractivity contribution in [1.82, 2.24) is 4.57 Å². The zero-order valence-electron chi connectivity index (χ0n) is 20.2. The molecule has 1 unspecified atom stereocenters. The van der Waals surface area contributed by atoms with E-state index in [1.165, 1.54) is 60.9 Å². The fourth-order valence-electron chi connectivity index (χ4n) is 7.29. The van der Waals surface area contributed by atoms with Crippen LogP contribution in [0.25, 0.3) is 27.5 Å². The minimum absolute atomic E-state index is 0.117. The van der Waals surface area contributed by atoms with Crippen molar-refractivity contribution in [2.45, 2.75) is 24.7 Å². The molecule has 1 spiro atoms. The molecule has 0 saturated heterocycles. The van der Waals surface area contributed by atoms with Gasteiger partial charge in [0.05, 0.1) is 22.1 Å². The van der Waals surface area contributed by atoms with E-state index in [1.807, 2.05) is 0 Å². The lowest BCUT2D eigenvalue weighted by Gasteiger charge is -2.50. The van der Waals surface area contributed by atoms with Crippen molar-refractivity contribution in [3.63, 3.8) is 0 Å². The number of hydrogen-bond donors (Lipinski definition) is 0. The highest BCUT2D eigenvalue weighted by molar-refractivity contribution is 9.10. The minimum Gasteiger partial charge on any atom is -0.309 e. The molecule has 1 aliphatic heterocycles. The Kier molecular flexibility index (Phi) is 3.87. The maximum atomic E-state index is 3.80. The van der Waals surface area contributed by atoms with Crippen molar-refractivity contribution in [3.8, 4) is 5.69 Å². The molecule has 8 rings (SSSR count). The van der Waals surface area contributed by atoms with Crippen LogP contribution in [0.3, 0.4) is 0 Å². The molecule has 2 heteroatoms. The third-order valence-electron chi connectivity index (χ3n) is 8.71. The van der Waals surface area contributed by atoms with Crippen molar-refractivity contribution in [1.29, 1.82) is 0 Å². The van der Waals surface area contributed by atoms with E-state index in [9.17, 15) is 0 Å². The summed E-state index contributed by atoms with van der Waals surface area (Å²) < 4.78 is 3.63. The number of fused-ring (bicyclic) bond motifs is 11. The van der Waals surface area contributed by atoms with Crippen LogP contribution in [0.4, 0.5) is 0 Å². The van der Waals surface area contributed by atoms with E-state index < -0.39 is 5.41 Å². The SMILES string of the molecule is CC1(C)c2ccccc2C2(c3ccccc3-n3c4ccccc4c4cccc2c43)c2ccc(Br)cc21. The maximum Gasteiger partial charge on any atom is 0.0748 e. The largest absolute Gasteiger partial charge is 0.309 e. The van der Waals surface area contributed by atoms with E-state index >= 15 is 0 Å². The molecule has 172 valence electrons. The average molecular weight is 526 g/mol. The standard InChI is InChI=1S/C34H24BrN/c1-33(2)24-12-4-5-13-25(24)34(26-19-18-21(35)20-29(26)33)27-14-6-8-17-31(27)36-30-16-7-3-10-22(30)23-11-9-15-28(34)32(23)36/h3-20H,1-2H3. The molecule has 2 heterocycles. The Morgan fingerprint density at radius 3 is 2.06 bits per heavy atom. The van der Waals surface area contributed by atoms with Gasteiger partial charge in [0.25, 0.3) is 0 Å². The number of aromatic nitrogens is 1. The zero-order valence-corrected chi connectivity index (χ0v) is 21.8. The van der Waals surface area contributed by atoms with Crippen LogP contribution in [0.1, 0.15) is 47.2 Å². The van der Waals surface area contributed by atoms with Gasteiger partial charge < -0.3 is 4.57 Å². The summed E-state index contributed by atoms with van der Waals surface area (Å²) in [5, 5.41) is 2.62. The summed E-state index contributed by atoms with van der Waals surface area (Å²) in [5.41, 5.74) is 11.6. The molecule has 5 aromatic carbocycles. The molecule has 1 nitrogen and oxygen atoms in total. The number of rotatable bonds is 0. The summed E-state index contributed by atoms with van der Waals surface area (Å²) in [7, 11) is 0. The van der Waals surface area contributed by atoms with Crippen LogP contribution in [0.15, 0.2) is 114 Å². The van der Waals surface area contributed by atoms with Crippen molar-refractivity contribution >= 4 is 37.7 Å². The highest BCUT2D eigenvalue weighted by atomic mass is 79.9. The highest BCUT2D eigenvalue weighted by Gasteiger charge is 2.52. The first-order valence-electron chi connectivity index (χ1n) is 12.6. The van der Waals surface area contributed by atoms with Crippen LogP contribution in [-0.2, 0) is 10.8 Å². The molecule has 1 aromatic heterocycles. The number of halogens is 1. The molecule has 0 radical (unpaired) electrons. The van der Waals surface area contributed by atoms with E-state index in [4.69, 9.17) is 0 Å². The molecule has 0 saturated carbocycles. The Balaban J connectivity index is 1.69. The fourth-order valence-corrected chi connectivity index (χ4v) is 7.65. The lowest BCUT2D eigenvalue weighted by Crippen LogP contribution is -2.43. The van der Waals surface area contributed by atoms with E-state index in [0.717, 1.165) is 4.47 Å². The summed E-state index contributed by atoms with van der Waals surface area (Å²) in [6.45, 7) is 4.74. The molecule has 0 amide bonds. The van der Waals surface area contributed by atoms with Gasteiger partial charge in [-0.2, -0.15) is 0 Å². The normalized spacial score (nSPS) is 18.8. The molecule has 2 aliphatic rings. The van der Waals surface area contributed by atoms with Gasteiger partial charge in [-0.25, -0.2) is 0 Å². The van der Waals surface area contributed by atoms with Gasteiger partial charge >= 0.3 is 0 Å². The van der Waals surface area contributed by atoms with Crippen LogP contribution in [-0.4, -0.2) is 4.57 Å². The summed E-state index contributed by atoms with van der Waals surface area (Å²) in [4.78, 5) is 0. The number of nitrogens with zero attached hydrogens (tertiary/aromatic N) is 1. The molecular weight excluding hydrogens is 502 g/mol. The molecular formula is C34H24BrN. The number of para-hydroxylation sites is 3. The second kappa shape index (κ2) is 6.78. The molecule has 36 heavy (non-hydrogen) atoms. The summed E-state index contributed by atoms with van der Waals surface area (Å²) in [6, 6.07) is 40.9. The van der Waals surface area contributed by atoms with Gasteiger partial charge in [0.1, 0.15) is 0 Å². The Labute approximate surface area is 219 Å². The van der Waals surface area contributed by atoms with Crippen molar-refractivity contribution in [2.24, 2.45) is 0 Å². The molecule has 0 bridgehead atoms. The minimum atomic E-state index is -0.400. The summed E-state index contributed by atoms with van der Waals surface area (Å²) >= 11 is 3.80. The topological polar surface area (TPSA) is 4.93 Å². The number of hydrogen-bond acceptors (Lipinski definition) is 0. The van der Waals surface area contributed by atoms with Crippen LogP contribution >= 0.6 is 15.9 Å². The van der Waals surface area contributed by atoms with E-state index in [2.05, 4.69) is 144 Å². The van der Waals surface area contributed by atoms with Gasteiger partial charge in [0.2, 0.25) is 0 Å². The summed E-state index contributed by atoms with van der Waals surface area (Å²) in [6.07, 6.45) is 0. The second-order valence-corrected chi connectivity index (χ2v) is 11.6.